The number of rotatable bonds is 7. The summed E-state index contributed by atoms with van der Waals surface area (Å²) in [6.07, 6.45) is 0. The molecule has 1 N–H and O–H groups in total. The third-order valence-corrected chi connectivity index (χ3v) is 2.27. The largest absolute Gasteiger partial charge is 0.492 e. The smallest absolute Gasteiger partial charge is 0.119 e. The minimum Gasteiger partial charge on any atom is -0.492 e. The van der Waals surface area contributed by atoms with Crippen LogP contribution in [-0.4, -0.2) is 45.2 Å². The third-order valence-electron chi connectivity index (χ3n) is 2.27. The number of benzene rings is 1. The molecule has 0 unspecified atom stereocenters. The van der Waals surface area contributed by atoms with Gasteiger partial charge in [-0.2, -0.15) is 0 Å². The van der Waals surface area contributed by atoms with Gasteiger partial charge >= 0.3 is 0 Å². The molecule has 0 saturated carbocycles. The van der Waals surface area contributed by atoms with Crippen molar-refractivity contribution in [3.05, 3.63) is 29.8 Å². The molecular formula is C13H22N2O. The average molecular weight is 222 g/mol. The Bertz CT molecular complexity index is 300. The predicted molar refractivity (Wildman–Crippen MR) is 68.1 cm³/mol. The number of nitrogens with zero attached hydrogens (tertiary/aromatic N) is 1. The van der Waals surface area contributed by atoms with Crippen LogP contribution >= 0.6 is 0 Å². The fourth-order valence-electron chi connectivity index (χ4n) is 1.37. The van der Waals surface area contributed by atoms with Crippen LogP contribution in [0.25, 0.3) is 0 Å². The molecule has 90 valence electrons. The second kappa shape index (κ2) is 7.25. The molecule has 0 atom stereocenters. The molecule has 1 aromatic rings. The lowest BCUT2D eigenvalue weighted by Gasteiger charge is -2.11. The number of hydrogen-bond acceptors (Lipinski definition) is 3. The summed E-state index contributed by atoms with van der Waals surface area (Å²) in [4.78, 5) is 2.16. The Kier molecular flexibility index (Phi) is 5.90. The lowest BCUT2D eigenvalue weighted by molar-refractivity contribution is 0.308. The molecule has 3 nitrogen and oxygen atoms in total. The van der Waals surface area contributed by atoms with Crippen LogP contribution in [-0.2, 0) is 0 Å². The van der Waals surface area contributed by atoms with Gasteiger partial charge in [0.25, 0.3) is 0 Å². The molecule has 0 saturated heterocycles. The quantitative estimate of drug-likeness (QED) is 0.708. The van der Waals surface area contributed by atoms with Gasteiger partial charge in [0.1, 0.15) is 12.4 Å². The van der Waals surface area contributed by atoms with Gasteiger partial charge in [0.2, 0.25) is 0 Å². The van der Waals surface area contributed by atoms with Crippen LogP contribution in [0.5, 0.6) is 5.75 Å². The Morgan fingerprint density at radius 2 is 2.06 bits per heavy atom. The Morgan fingerprint density at radius 3 is 2.75 bits per heavy atom. The van der Waals surface area contributed by atoms with E-state index in [0.29, 0.717) is 0 Å². The first-order valence-corrected chi connectivity index (χ1v) is 5.73. The van der Waals surface area contributed by atoms with E-state index in [4.69, 9.17) is 4.74 Å². The van der Waals surface area contributed by atoms with E-state index in [2.05, 4.69) is 43.4 Å². The van der Waals surface area contributed by atoms with Crippen LogP contribution < -0.4 is 10.1 Å². The fraction of sp³-hybridized carbons (Fsp3) is 0.538. The molecular weight excluding hydrogens is 200 g/mol. The summed E-state index contributed by atoms with van der Waals surface area (Å²) < 4.78 is 5.62. The Balaban J connectivity index is 2.07. The third kappa shape index (κ3) is 5.73. The van der Waals surface area contributed by atoms with Gasteiger partial charge in [-0.1, -0.05) is 12.1 Å². The topological polar surface area (TPSA) is 24.5 Å². The number of likely N-dealkylation sites (N-methyl/N-ethyl adjacent to an activating group) is 1. The van der Waals surface area contributed by atoms with Gasteiger partial charge in [0.15, 0.2) is 0 Å². The Hall–Kier alpha value is -1.06. The van der Waals surface area contributed by atoms with Crippen molar-refractivity contribution in [3.63, 3.8) is 0 Å². The van der Waals surface area contributed by atoms with E-state index in [1.54, 1.807) is 0 Å². The summed E-state index contributed by atoms with van der Waals surface area (Å²) >= 11 is 0. The first kappa shape index (κ1) is 13.0. The van der Waals surface area contributed by atoms with Gasteiger partial charge in [-0.3, -0.25) is 0 Å². The summed E-state index contributed by atoms with van der Waals surface area (Å²) in [5, 5.41) is 3.33. The zero-order chi connectivity index (χ0) is 11.8. The highest BCUT2D eigenvalue weighted by Crippen LogP contribution is 2.11. The molecule has 0 aromatic heterocycles. The van der Waals surface area contributed by atoms with Crippen molar-refractivity contribution < 1.29 is 4.74 Å². The van der Waals surface area contributed by atoms with Crippen molar-refractivity contribution in [1.82, 2.24) is 10.2 Å². The molecule has 0 aliphatic rings. The van der Waals surface area contributed by atoms with Gasteiger partial charge in [-0.05, 0) is 38.7 Å². The maximum atomic E-state index is 5.62. The molecule has 0 spiro atoms. The number of ether oxygens (including phenoxy) is 1. The number of aryl methyl sites for hydroxylation is 1. The van der Waals surface area contributed by atoms with Crippen molar-refractivity contribution >= 4 is 0 Å². The minimum absolute atomic E-state index is 0.719. The van der Waals surface area contributed by atoms with E-state index in [1.165, 1.54) is 5.56 Å². The molecule has 16 heavy (non-hydrogen) atoms. The molecule has 3 heteroatoms. The van der Waals surface area contributed by atoms with Crippen molar-refractivity contribution in [2.45, 2.75) is 6.92 Å². The highest BCUT2D eigenvalue weighted by molar-refractivity contribution is 5.27. The molecule has 0 heterocycles. The van der Waals surface area contributed by atoms with E-state index in [9.17, 15) is 0 Å². The molecule has 0 aliphatic heterocycles. The van der Waals surface area contributed by atoms with Crippen LogP contribution in [0.1, 0.15) is 5.56 Å². The number of hydrogen-bond donors (Lipinski definition) is 1. The van der Waals surface area contributed by atoms with E-state index in [0.717, 1.165) is 32.0 Å². The van der Waals surface area contributed by atoms with Gasteiger partial charge in [0, 0.05) is 19.6 Å². The molecule has 0 radical (unpaired) electrons. The standard InChI is InChI=1S/C13H22N2O/c1-12-5-4-6-13(11-12)16-10-8-14-7-9-15(2)3/h4-6,11,14H,7-10H2,1-3H3. The summed E-state index contributed by atoms with van der Waals surface area (Å²) in [5.41, 5.74) is 1.23. The minimum atomic E-state index is 0.719. The second-order valence-corrected chi connectivity index (χ2v) is 4.22. The van der Waals surface area contributed by atoms with Crippen LogP contribution in [0, 0.1) is 6.92 Å². The monoisotopic (exact) mass is 222 g/mol. The summed E-state index contributed by atoms with van der Waals surface area (Å²) in [7, 11) is 4.15. The normalized spacial score (nSPS) is 10.8. The molecule has 1 rings (SSSR count). The van der Waals surface area contributed by atoms with Gasteiger partial charge in [-0.15, -0.1) is 0 Å². The zero-order valence-electron chi connectivity index (χ0n) is 10.5. The maximum absolute atomic E-state index is 5.62. The first-order chi connectivity index (χ1) is 7.68. The lowest BCUT2D eigenvalue weighted by Crippen LogP contribution is -2.29. The first-order valence-electron chi connectivity index (χ1n) is 5.73. The van der Waals surface area contributed by atoms with Crippen molar-refractivity contribution in [2.24, 2.45) is 0 Å². The average Bonchev–Trinajstić information content (AvgIpc) is 2.23. The Labute approximate surface area is 98.4 Å². The highest BCUT2D eigenvalue weighted by Gasteiger charge is 1.94. The molecule has 1 aromatic carbocycles. The van der Waals surface area contributed by atoms with Crippen molar-refractivity contribution in [1.29, 1.82) is 0 Å². The summed E-state index contributed by atoms with van der Waals surface area (Å²) in [5.74, 6) is 0.953. The summed E-state index contributed by atoms with van der Waals surface area (Å²) in [6.45, 7) is 5.75. The van der Waals surface area contributed by atoms with E-state index in [-0.39, 0.29) is 0 Å². The summed E-state index contributed by atoms with van der Waals surface area (Å²) in [6, 6.07) is 8.14. The van der Waals surface area contributed by atoms with E-state index in [1.807, 2.05) is 12.1 Å². The molecule has 0 aliphatic carbocycles. The number of nitrogens with one attached hydrogen (secondary N) is 1. The Morgan fingerprint density at radius 1 is 1.25 bits per heavy atom. The lowest BCUT2D eigenvalue weighted by atomic mass is 10.2. The molecule has 0 fully saturated rings. The van der Waals surface area contributed by atoms with Crippen LogP contribution in [0.3, 0.4) is 0 Å². The van der Waals surface area contributed by atoms with Gasteiger partial charge in [0.05, 0.1) is 0 Å². The van der Waals surface area contributed by atoms with E-state index < -0.39 is 0 Å². The molecule has 0 bridgehead atoms. The predicted octanol–water partition coefficient (Wildman–Crippen LogP) is 1.53. The molecule has 0 amide bonds. The maximum Gasteiger partial charge on any atom is 0.119 e. The van der Waals surface area contributed by atoms with Crippen LogP contribution in [0.2, 0.25) is 0 Å². The van der Waals surface area contributed by atoms with Gasteiger partial charge in [-0.25, -0.2) is 0 Å². The van der Waals surface area contributed by atoms with Crippen molar-refractivity contribution in [2.75, 3.05) is 40.3 Å². The van der Waals surface area contributed by atoms with Crippen LogP contribution in [0.4, 0.5) is 0 Å². The zero-order valence-corrected chi connectivity index (χ0v) is 10.5. The SMILES string of the molecule is Cc1cccc(OCCNCCN(C)C)c1. The van der Waals surface area contributed by atoms with E-state index >= 15 is 0 Å². The highest BCUT2D eigenvalue weighted by atomic mass is 16.5. The fourth-order valence-corrected chi connectivity index (χ4v) is 1.37. The second-order valence-electron chi connectivity index (χ2n) is 4.22. The van der Waals surface area contributed by atoms with Crippen molar-refractivity contribution in [3.8, 4) is 5.75 Å². The van der Waals surface area contributed by atoms with Crippen LogP contribution in [0.15, 0.2) is 24.3 Å². The van der Waals surface area contributed by atoms with Gasteiger partial charge < -0.3 is 15.0 Å².